The smallest absolute Gasteiger partial charge is 0.243 e. The van der Waals surface area contributed by atoms with Gasteiger partial charge in [-0.2, -0.15) is 4.31 Å². The van der Waals surface area contributed by atoms with Gasteiger partial charge in [0.15, 0.2) is 4.80 Å². The Labute approximate surface area is 210 Å². The Bertz CT molecular complexity index is 1460. The number of piperidine rings is 1. The van der Waals surface area contributed by atoms with Crippen LogP contribution in [0, 0.1) is 5.92 Å². The summed E-state index contributed by atoms with van der Waals surface area (Å²) < 4.78 is 30.6. The molecule has 180 valence electrons. The maximum atomic E-state index is 13.4. The van der Waals surface area contributed by atoms with E-state index in [4.69, 9.17) is 4.99 Å². The lowest BCUT2D eigenvalue weighted by molar-refractivity contribution is 0.281. The molecule has 8 heteroatoms. The van der Waals surface area contributed by atoms with Gasteiger partial charge in [0.1, 0.15) is 0 Å². The molecule has 2 aromatic carbocycles. The summed E-state index contributed by atoms with van der Waals surface area (Å²) in [5.74, 6) is 0.377. The third-order valence-corrected chi connectivity index (χ3v) is 8.95. The van der Waals surface area contributed by atoms with Gasteiger partial charge >= 0.3 is 0 Å². The van der Waals surface area contributed by atoms with Gasteiger partial charge < -0.3 is 4.57 Å². The summed E-state index contributed by atoms with van der Waals surface area (Å²) in [6.07, 6.45) is 5.58. The van der Waals surface area contributed by atoms with Crippen molar-refractivity contribution in [2.45, 2.75) is 31.2 Å². The minimum absolute atomic E-state index is 0.338. The van der Waals surface area contributed by atoms with E-state index in [1.54, 1.807) is 34.0 Å². The molecule has 0 radical (unpaired) electrons. The molecule has 3 heterocycles. The zero-order chi connectivity index (χ0) is 24.3. The molecule has 35 heavy (non-hydrogen) atoms. The van der Waals surface area contributed by atoms with E-state index in [2.05, 4.69) is 16.5 Å². The highest BCUT2D eigenvalue weighted by molar-refractivity contribution is 7.89. The van der Waals surface area contributed by atoms with Crippen LogP contribution in [0.15, 0.2) is 94.4 Å². The molecule has 4 aromatic rings. The third kappa shape index (κ3) is 5.29. The molecular formula is C27H28N4O2S2. The number of hydrogen-bond acceptors (Lipinski definition) is 5. The van der Waals surface area contributed by atoms with Crippen LogP contribution in [0.1, 0.15) is 25.3 Å². The van der Waals surface area contributed by atoms with Gasteiger partial charge in [0, 0.05) is 36.4 Å². The van der Waals surface area contributed by atoms with E-state index in [9.17, 15) is 8.42 Å². The van der Waals surface area contributed by atoms with Crippen LogP contribution in [0.4, 0.5) is 5.69 Å². The highest BCUT2D eigenvalue weighted by Gasteiger charge is 2.29. The molecule has 5 rings (SSSR count). The lowest BCUT2D eigenvalue weighted by Gasteiger charge is -2.30. The molecule has 0 spiro atoms. The molecule has 1 atom stereocenters. The Hall–Kier alpha value is -3.07. The van der Waals surface area contributed by atoms with Crippen LogP contribution in [0.3, 0.4) is 0 Å². The standard InChI is InChI=1S/C27H28N4O2S2/c1-21-8-7-15-30(18-21)35(32,33)25-13-5-10-23(16-25)26-20-34-27(29-24-11-3-2-4-12-24)31(26)19-22-9-6-14-28-17-22/h2-6,9-14,16-17,20-21H,7-8,15,18-19H2,1H3. The Balaban J connectivity index is 1.58. The van der Waals surface area contributed by atoms with Gasteiger partial charge in [0.25, 0.3) is 0 Å². The Morgan fingerprint density at radius 2 is 1.94 bits per heavy atom. The minimum atomic E-state index is -3.54. The van der Waals surface area contributed by atoms with Crippen molar-refractivity contribution in [3.63, 3.8) is 0 Å². The largest absolute Gasteiger partial charge is 0.312 e. The second-order valence-electron chi connectivity index (χ2n) is 8.94. The van der Waals surface area contributed by atoms with E-state index < -0.39 is 10.0 Å². The number of sulfonamides is 1. The second-order valence-corrected chi connectivity index (χ2v) is 11.7. The summed E-state index contributed by atoms with van der Waals surface area (Å²) in [6, 6.07) is 21.1. The lowest BCUT2D eigenvalue weighted by atomic mass is 10.0. The van der Waals surface area contributed by atoms with Gasteiger partial charge in [-0.25, -0.2) is 13.4 Å². The normalized spacial score (nSPS) is 17.5. The number of nitrogens with zero attached hydrogens (tertiary/aromatic N) is 4. The molecule has 6 nitrogen and oxygen atoms in total. The van der Waals surface area contributed by atoms with Crippen molar-refractivity contribution in [2.75, 3.05) is 13.1 Å². The van der Waals surface area contributed by atoms with Crippen molar-refractivity contribution in [2.24, 2.45) is 10.9 Å². The first-order chi connectivity index (χ1) is 17.0. The summed E-state index contributed by atoms with van der Waals surface area (Å²) in [5, 5.41) is 2.05. The van der Waals surface area contributed by atoms with Gasteiger partial charge in [0.2, 0.25) is 10.0 Å². The van der Waals surface area contributed by atoms with Gasteiger partial charge in [-0.1, -0.05) is 43.3 Å². The summed E-state index contributed by atoms with van der Waals surface area (Å²) in [7, 11) is -3.54. The van der Waals surface area contributed by atoms with Crippen molar-refractivity contribution in [1.29, 1.82) is 0 Å². The zero-order valence-electron chi connectivity index (χ0n) is 19.6. The Kier molecular flexibility index (Phi) is 6.95. The monoisotopic (exact) mass is 504 g/mol. The molecule has 0 bridgehead atoms. The first-order valence-electron chi connectivity index (χ1n) is 11.8. The van der Waals surface area contributed by atoms with Crippen molar-refractivity contribution < 1.29 is 8.42 Å². The number of aromatic nitrogens is 2. The highest BCUT2D eigenvalue weighted by Crippen LogP contribution is 2.28. The molecule has 1 fully saturated rings. The Morgan fingerprint density at radius 3 is 2.71 bits per heavy atom. The summed E-state index contributed by atoms with van der Waals surface area (Å²) in [5.41, 5.74) is 3.70. The molecule has 1 unspecified atom stereocenters. The molecular weight excluding hydrogens is 476 g/mol. The first kappa shape index (κ1) is 23.7. The summed E-state index contributed by atoms with van der Waals surface area (Å²) in [6.45, 7) is 3.85. The van der Waals surface area contributed by atoms with Crippen molar-refractivity contribution in [3.8, 4) is 11.3 Å². The number of pyridine rings is 1. The van der Waals surface area contributed by atoms with Crippen LogP contribution >= 0.6 is 11.3 Å². The molecule has 1 aliphatic heterocycles. The minimum Gasteiger partial charge on any atom is -0.312 e. The van der Waals surface area contributed by atoms with Crippen LogP contribution in [-0.2, 0) is 16.6 Å². The molecule has 0 amide bonds. The molecule has 0 N–H and O–H groups in total. The first-order valence-corrected chi connectivity index (χ1v) is 14.1. The average molecular weight is 505 g/mol. The lowest BCUT2D eigenvalue weighted by Crippen LogP contribution is -2.39. The SMILES string of the molecule is CC1CCCN(S(=O)(=O)c2cccc(-c3csc(=Nc4ccccc4)n3Cc3cccnc3)c2)C1. The van der Waals surface area contributed by atoms with Gasteiger partial charge in [-0.15, -0.1) is 11.3 Å². The number of benzene rings is 2. The predicted octanol–water partition coefficient (Wildman–Crippen LogP) is 5.31. The average Bonchev–Trinajstić information content (AvgIpc) is 3.27. The van der Waals surface area contributed by atoms with E-state index in [1.807, 2.05) is 66.2 Å². The van der Waals surface area contributed by atoms with Gasteiger partial charge in [-0.05, 0) is 54.7 Å². The van der Waals surface area contributed by atoms with Crippen LogP contribution in [0.25, 0.3) is 11.3 Å². The maximum Gasteiger partial charge on any atom is 0.243 e. The number of rotatable bonds is 6. The predicted molar refractivity (Wildman–Crippen MR) is 140 cm³/mol. The summed E-state index contributed by atoms with van der Waals surface area (Å²) >= 11 is 1.54. The molecule has 2 aromatic heterocycles. The van der Waals surface area contributed by atoms with E-state index in [0.717, 1.165) is 40.2 Å². The second kappa shape index (κ2) is 10.3. The number of hydrogen-bond donors (Lipinski definition) is 0. The van der Waals surface area contributed by atoms with Crippen molar-refractivity contribution in [3.05, 3.63) is 94.9 Å². The van der Waals surface area contributed by atoms with Crippen LogP contribution in [0.5, 0.6) is 0 Å². The van der Waals surface area contributed by atoms with E-state index in [0.29, 0.717) is 30.4 Å². The third-order valence-electron chi connectivity index (χ3n) is 6.23. The quantitative estimate of drug-likeness (QED) is 0.357. The summed E-state index contributed by atoms with van der Waals surface area (Å²) in [4.78, 5) is 10.3. The van der Waals surface area contributed by atoms with Crippen molar-refractivity contribution in [1.82, 2.24) is 13.9 Å². The maximum absolute atomic E-state index is 13.4. The zero-order valence-corrected chi connectivity index (χ0v) is 21.3. The highest BCUT2D eigenvalue weighted by atomic mass is 32.2. The van der Waals surface area contributed by atoms with Gasteiger partial charge in [0.05, 0.1) is 22.8 Å². The van der Waals surface area contributed by atoms with Crippen LogP contribution < -0.4 is 4.80 Å². The van der Waals surface area contributed by atoms with Crippen LogP contribution in [-0.4, -0.2) is 35.4 Å². The topological polar surface area (TPSA) is 67.6 Å². The fourth-order valence-electron chi connectivity index (χ4n) is 4.42. The van der Waals surface area contributed by atoms with E-state index in [1.165, 1.54) is 0 Å². The number of para-hydroxylation sites is 1. The molecule has 0 aliphatic carbocycles. The van der Waals surface area contributed by atoms with E-state index in [-0.39, 0.29) is 0 Å². The van der Waals surface area contributed by atoms with Gasteiger partial charge in [-0.3, -0.25) is 4.98 Å². The number of thiazole rings is 1. The van der Waals surface area contributed by atoms with Crippen LogP contribution in [0.2, 0.25) is 0 Å². The van der Waals surface area contributed by atoms with E-state index >= 15 is 0 Å². The Morgan fingerprint density at radius 1 is 1.09 bits per heavy atom. The molecule has 1 saturated heterocycles. The molecule has 1 aliphatic rings. The fourth-order valence-corrected chi connectivity index (χ4v) is 6.99. The van der Waals surface area contributed by atoms with Crippen molar-refractivity contribution >= 4 is 27.0 Å². The fraction of sp³-hybridized carbons (Fsp3) is 0.259. The molecule has 0 saturated carbocycles.